The van der Waals surface area contributed by atoms with Crippen molar-refractivity contribution in [3.8, 4) is 0 Å². The molecular weight excluding hydrogens is 545 g/mol. The molecule has 6 heteroatoms. The number of carbonyl (C=O) groups is 1. The fourth-order valence-electron chi connectivity index (χ4n) is 7.99. The van der Waals surface area contributed by atoms with E-state index in [0.29, 0.717) is 23.2 Å². The van der Waals surface area contributed by atoms with Crippen LogP contribution in [0.5, 0.6) is 0 Å². The molecule has 0 aromatic rings. The second-order valence-electron chi connectivity index (χ2n) is 17.2. The summed E-state index contributed by atoms with van der Waals surface area (Å²) in [6, 6.07) is 0. The van der Waals surface area contributed by atoms with Crippen molar-refractivity contribution >= 4 is 33.5 Å². The molecule has 0 spiro atoms. The highest BCUT2D eigenvalue weighted by Gasteiger charge is 2.60. The van der Waals surface area contributed by atoms with Crippen molar-refractivity contribution in [2.75, 3.05) is 5.75 Å². The molecule has 3 fully saturated rings. The molecule has 0 aliphatic heterocycles. The third-order valence-corrected chi connectivity index (χ3v) is 22.8. The van der Waals surface area contributed by atoms with Crippen molar-refractivity contribution in [1.29, 1.82) is 0 Å². The monoisotopic (exact) mass is 604 g/mol. The van der Waals surface area contributed by atoms with Crippen LogP contribution in [0.1, 0.15) is 101 Å². The van der Waals surface area contributed by atoms with Crippen molar-refractivity contribution in [2.24, 2.45) is 28.6 Å². The maximum Gasteiger partial charge on any atom is 0.192 e. The molecule has 228 valence electrons. The highest BCUT2D eigenvalue weighted by molar-refractivity contribution is 8.13. The maximum atomic E-state index is 11.8. The number of allylic oxidation sites excluding steroid dienone is 3. The first kappa shape index (κ1) is 32.8. The molecule has 4 aliphatic rings. The van der Waals surface area contributed by atoms with E-state index in [9.17, 15) is 4.79 Å². The Morgan fingerprint density at radius 2 is 1.52 bits per heavy atom. The Morgan fingerprint density at radius 3 is 2.10 bits per heavy atom. The van der Waals surface area contributed by atoms with Gasteiger partial charge >= 0.3 is 0 Å². The predicted octanol–water partition coefficient (Wildman–Crippen LogP) is 10.2. The van der Waals surface area contributed by atoms with E-state index in [1.165, 1.54) is 25.7 Å². The lowest BCUT2D eigenvalue weighted by atomic mass is 9.50. The minimum Gasteiger partial charge on any atom is -0.414 e. The van der Waals surface area contributed by atoms with Gasteiger partial charge in [0.25, 0.3) is 0 Å². The van der Waals surface area contributed by atoms with Gasteiger partial charge in [0, 0.05) is 18.1 Å². The molecular formula is C34H60O3SSi2. The number of fused-ring (bicyclic) bond motifs is 5. The van der Waals surface area contributed by atoms with Crippen molar-refractivity contribution in [1.82, 2.24) is 0 Å². The van der Waals surface area contributed by atoms with Gasteiger partial charge in [-0.25, -0.2) is 0 Å². The van der Waals surface area contributed by atoms with Crippen LogP contribution in [0.2, 0.25) is 36.3 Å². The molecule has 0 heterocycles. The fourth-order valence-corrected chi connectivity index (χ4v) is 11.7. The molecule has 0 bridgehead atoms. The van der Waals surface area contributed by atoms with E-state index in [2.05, 4.69) is 93.7 Å². The van der Waals surface area contributed by atoms with E-state index in [1.54, 1.807) is 29.8 Å². The summed E-state index contributed by atoms with van der Waals surface area (Å²) in [4.78, 5) is 11.8. The average Bonchev–Trinajstić information content (AvgIpc) is 3.13. The van der Waals surface area contributed by atoms with E-state index < -0.39 is 16.6 Å². The van der Waals surface area contributed by atoms with Crippen LogP contribution in [0.25, 0.3) is 0 Å². The topological polar surface area (TPSA) is 35.5 Å². The molecule has 40 heavy (non-hydrogen) atoms. The van der Waals surface area contributed by atoms with E-state index in [0.717, 1.165) is 18.6 Å². The SMILES string of the molecule is CC(=O)SC[C@H]1CC[C@H]2C3=CC=C4C[C@@H](O[Si](C)(C)C(C)(C)C)C[C@H](O[Si](C)(C)C(C)(C)C)[C@]4(C)[C@H]3CC[C@]12C. The van der Waals surface area contributed by atoms with Gasteiger partial charge in [-0.1, -0.05) is 90.5 Å². The average molecular weight is 605 g/mol. The van der Waals surface area contributed by atoms with Crippen LogP contribution in [0, 0.1) is 28.6 Å². The van der Waals surface area contributed by atoms with Crippen LogP contribution >= 0.6 is 11.8 Å². The summed E-state index contributed by atoms with van der Waals surface area (Å²) in [5.74, 6) is 2.81. The smallest absolute Gasteiger partial charge is 0.192 e. The highest BCUT2D eigenvalue weighted by Crippen LogP contribution is 2.66. The van der Waals surface area contributed by atoms with Gasteiger partial charge < -0.3 is 8.85 Å². The molecule has 0 radical (unpaired) electrons. The Labute approximate surface area is 253 Å². The van der Waals surface area contributed by atoms with Gasteiger partial charge in [0.1, 0.15) is 0 Å². The van der Waals surface area contributed by atoms with Crippen molar-refractivity contribution in [3.05, 3.63) is 23.3 Å². The molecule has 0 unspecified atom stereocenters. The van der Waals surface area contributed by atoms with Crippen LogP contribution in [0.4, 0.5) is 0 Å². The first-order valence-corrected chi connectivity index (χ1v) is 22.8. The van der Waals surface area contributed by atoms with Gasteiger partial charge in [-0.3, -0.25) is 4.79 Å². The quantitative estimate of drug-likeness (QED) is 0.283. The number of carbonyl (C=O) groups excluding carboxylic acids is 1. The summed E-state index contributed by atoms with van der Waals surface area (Å²) < 4.78 is 14.6. The van der Waals surface area contributed by atoms with Crippen molar-refractivity contribution < 1.29 is 13.6 Å². The van der Waals surface area contributed by atoms with Crippen LogP contribution in [-0.4, -0.2) is 39.7 Å². The third-order valence-electron chi connectivity index (χ3n) is 12.8. The first-order valence-electron chi connectivity index (χ1n) is 16.0. The predicted molar refractivity (Wildman–Crippen MR) is 178 cm³/mol. The Kier molecular flexibility index (Phi) is 8.83. The summed E-state index contributed by atoms with van der Waals surface area (Å²) in [5.41, 5.74) is 3.61. The minimum absolute atomic E-state index is 0.0282. The lowest BCUT2D eigenvalue weighted by Crippen LogP contribution is -2.58. The Balaban J connectivity index is 1.70. The highest BCUT2D eigenvalue weighted by atomic mass is 32.2. The largest absolute Gasteiger partial charge is 0.414 e. The van der Waals surface area contributed by atoms with E-state index >= 15 is 0 Å². The second-order valence-corrected chi connectivity index (χ2v) is 27.9. The minimum atomic E-state index is -2.00. The van der Waals surface area contributed by atoms with Crippen LogP contribution < -0.4 is 0 Å². The summed E-state index contributed by atoms with van der Waals surface area (Å²) >= 11 is 1.55. The first-order chi connectivity index (χ1) is 18.1. The molecule has 0 aromatic heterocycles. The molecule has 3 nitrogen and oxygen atoms in total. The summed E-state index contributed by atoms with van der Waals surface area (Å²) in [6.07, 6.45) is 12.6. The zero-order valence-electron chi connectivity index (χ0n) is 28.1. The zero-order chi connectivity index (χ0) is 30.1. The third kappa shape index (κ3) is 5.71. The second kappa shape index (κ2) is 10.8. The lowest BCUT2D eigenvalue weighted by molar-refractivity contribution is -0.109. The number of hydrogen-bond acceptors (Lipinski definition) is 4. The molecule has 0 N–H and O–H groups in total. The zero-order valence-corrected chi connectivity index (χ0v) is 30.9. The fraction of sp³-hybridized carbons (Fsp3) is 0.853. The molecule has 7 atom stereocenters. The number of thioether (sulfide) groups is 1. The van der Waals surface area contributed by atoms with Crippen LogP contribution in [-0.2, 0) is 13.6 Å². The lowest BCUT2D eigenvalue weighted by Gasteiger charge is -2.59. The standard InChI is InChI=1S/C34H60O3SSi2/c1-23(35)38-22-25-15-17-28-27-16-14-24-20-26(36-39(10,11)31(2,3)4)21-30(37-40(12,13)32(5,6)7)34(24,9)29(27)18-19-33(25,28)8/h14,16,25-26,28-30H,15,17-22H2,1-13H3/t25-,26-,28+,29+,30+,33-,34+/m1/s1. The molecule has 0 saturated heterocycles. The summed E-state index contributed by atoms with van der Waals surface area (Å²) in [6.45, 7) is 30.7. The normalized spacial score (nSPS) is 36.8. The van der Waals surface area contributed by atoms with E-state index in [4.69, 9.17) is 8.85 Å². The number of rotatable bonds is 6. The Bertz CT molecular complexity index is 1050. The molecule has 0 amide bonds. The van der Waals surface area contributed by atoms with Gasteiger partial charge in [0.2, 0.25) is 0 Å². The summed E-state index contributed by atoms with van der Waals surface area (Å²) in [5, 5.41) is 0.636. The van der Waals surface area contributed by atoms with Gasteiger partial charge in [0.05, 0.1) is 12.2 Å². The Morgan fingerprint density at radius 1 is 0.925 bits per heavy atom. The molecule has 4 aliphatic carbocycles. The van der Waals surface area contributed by atoms with Gasteiger partial charge in [-0.2, -0.15) is 0 Å². The van der Waals surface area contributed by atoms with Gasteiger partial charge in [0.15, 0.2) is 21.8 Å². The van der Waals surface area contributed by atoms with Crippen LogP contribution in [0.3, 0.4) is 0 Å². The van der Waals surface area contributed by atoms with Crippen LogP contribution in [0.15, 0.2) is 23.3 Å². The van der Waals surface area contributed by atoms with Crippen molar-refractivity contribution in [2.45, 2.75) is 149 Å². The molecule has 4 rings (SSSR count). The van der Waals surface area contributed by atoms with E-state index in [1.807, 2.05) is 0 Å². The maximum absolute atomic E-state index is 11.8. The molecule has 0 aromatic carbocycles. The summed E-state index contributed by atoms with van der Waals surface area (Å²) in [7, 11) is -3.89. The number of hydrogen-bond donors (Lipinski definition) is 0. The molecule has 3 saturated carbocycles. The Hall–Kier alpha value is -0.146. The van der Waals surface area contributed by atoms with Gasteiger partial charge in [-0.05, 0) is 98.0 Å². The van der Waals surface area contributed by atoms with E-state index in [-0.39, 0.29) is 32.8 Å². The van der Waals surface area contributed by atoms with Crippen molar-refractivity contribution in [3.63, 3.8) is 0 Å². The van der Waals surface area contributed by atoms with Gasteiger partial charge in [-0.15, -0.1) is 0 Å².